The van der Waals surface area contributed by atoms with E-state index in [1.807, 2.05) is 42.6 Å². The van der Waals surface area contributed by atoms with Crippen LogP contribution in [0.3, 0.4) is 0 Å². The number of benzene rings is 1. The lowest BCUT2D eigenvalue weighted by Gasteiger charge is -2.38. The van der Waals surface area contributed by atoms with Crippen LogP contribution in [0.25, 0.3) is 0 Å². The molecule has 1 aliphatic heterocycles. The fourth-order valence-electron chi connectivity index (χ4n) is 2.67. The van der Waals surface area contributed by atoms with E-state index in [1.165, 1.54) is 0 Å². The number of amides is 1. The van der Waals surface area contributed by atoms with E-state index >= 15 is 0 Å². The van der Waals surface area contributed by atoms with E-state index in [4.69, 9.17) is 4.74 Å². The monoisotopic (exact) mass is 335 g/mol. The third-order valence-electron chi connectivity index (χ3n) is 4.10. The van der Waals surface area contributed by atoms with E-state index in [1.54, 1.807) is 27.9 Å². The molecular weight excluding hydrogens is 318 g/mol. The van der Waals surface area contributed by atoms with Gasteiger partial charge in [0.2, 0.25) is 0 Å². The van der Waals surface area contributed by atoms with Crippen molar-refractivity contribution in [3.8, 4) is 5.75 Å². The molecule has 3 aromatic rings. The number of ether oxygens (including phenoxy) is 1. The molecule has 0 saturated carbocycles. The number of likely N-dealkylation sites (tertiary alicyclic amines) is 1. The molecule has 0 unspecified atom stereocenters. The number of carbonyl (C=O) groups excluding carboxylic acids is 1. The lowest BCUT2D eigenvalue weighted by molar-refractivity contribution is 0.0492. The van der Waals surface area contributed by atoms with Crippen LogP contribution in [0.4, 0.5) is 0 Å². The number of para-hydroxylation sites is 1. The Kier molecular flexibility index (Phi) is 4.12. The van der Waals surface area contributed by atoms with Gasteiger partial charge in [-0.05, 0) is 24.3 Å². The van der Waals surface area contributed by atoms with Gasteiger partial charge in [0, 0.05) is 19.3 Å². The molecule has 126 valence electrons. The van der Waals surface area contributed by atoms with Gasteiger partial charge in [0.1, 0.15) is 23.7 Å². The quantitative estimate of drug-likeness (QED) is 0.712. The van der Waals surface area contributed by atoms with Crippen molar-refractivity contribution in [2.24, 2.45) is 0 Å². The van der Waals surface area contributed by atoms with Gasteiger partial charge >= 0.3 is 0 Å². The Bertz CT molecular complexity index is 844. The first-order valence-corrected chi connectivity index (χ1v) is 8.08. The Labute approximate surface area is 144 Å². The number of rotatable bonds is 5. The molecule has 0 aliphatic carbocycles. The van der Waals surface area contributed by atoms with E-state index in [0.29, 0.717) is 25.4 Å². The maximum Gasteiger partial charge on any atom is 0.272 e. The van der Waals surface area contributed by atoms with Gasteiger partial charge in [0.05, 0.1) is 12.2 Å². The number of carbonyl (C=O) groups is 1. The van der Waals surface area contributed by atoms with E-state index in [-0.39, 0.29) is 11.9 Å². The average Bonchev–Trinajstić information content (AvgIpc) is 3.09. The van der Waals surface area contributed by atoms with E-state index in [2.05, 4.69) is 15.3 Å². The molecule has 7 nitrogen and oxygen atoms in total. The standard InChI is InChI=1S/C18H17N5O2/c24-18(17-8-4-5-9-19-17)22-11-15(12-22)23-10-14(20-21-23)13-25-16-6-2-1-3-7-16/h1-10,15H,11-13H2. The Balaban J connectivity index is 1.31. The number of aromatic nitrogens is 4. The van der Waals surface area contributed by atoms with Crippen LogP contribution >= 0.6 is 0 Å². The molecule has 0 bridgehead atoms. The Morgan fingerprint density at radius 2 is 1.92 bits per heavy atom. The minimum Gasteiger partial charge on any atom is -0.487 e. The summed E-state index contributed by atoms with van der Waals surface area (Å²) < 4.78 is 7.46. The molecule has 1 aliphatic rings. The summed E-state index contributed by atoms with van der Waals surface area (Å²) in [7, 11) is 0. The van der Waals surface area contributed by atoms with Gasteiger partial charge in [-0.25, -0.2) is 4.68 Å². The number of hydrogen-bond acceptors (Lipinski definition) is 5. The highest BCUT2D eigenvalue weighted by molar-refractivity contribution is 5.92. The highest BCUT2D eigenvalue weighted by Gasteiger charge is 2.33. The van der Waals surface area contributed by atoms with Crippen LogP contribution in [-0.4, -0.2) is 43.9 Å². The van der Waals surface area contributed by atoms with Gasteiger partial charge in [-0.3, -0.25) is 9.78 Å². The van der Waals surface area contributed by atoms with Gasteiger partial charge in [-0.2, -0.15) is 0 Å². The summed E-state index contributed by atoms with van der Waals surface area (Å²) >= 11 is 0. The molecule has 1 saturated heterocycles. The number of nitrogens with zero attached hydrogens (tertiary/aromatic N) is 5. The summed E-state index contributed by atoms with van der Waals surface area (Å²) in [5, 5.41) is 8.28. The molecular formula is C18H17N5O2. The second-order valence-electron chi connectivity index (χ2n) is 5.87. The van der Waals surface area contributed by atoms with Crippen LogP contribution in [0, 0.1) is 0 Å². The van der Waals surface area contributed by atoms with Gasteiger partial charge < -0.3 is 9.64 Å². The largest absolute Gasteiger partial charge is 0.487 e. The van der Waals surface area contributed by atoms with E-state index in [0.717, 1.165) is 11.4 Å². The van der Waals surface area contributed by atoms with Crippen LogP contribution in [0.2, 0.25) is 0 Å². The summed E-state index contributed by atoms with van der Waals surface area (Å²) in [4.78, 5) is 18.1. The summed E-state index contributed by atoms with van der Waals surface area (Å²) in [6.45, 7) is 1.59. The Morgan fingerprint density at radius 3 is 2.68 bits per heavy atom. The zero-order valence-corrected chi connectivity index (χ0v) is 13.5. The minimum absolute atomic E-state index is 0.0513. The highest BCUT2D eigenvalue weighted by atomic mass is 16.5. The number of pyridine rings is 1. The molecule has 25 heavy (non-hydrogen) atoms. The van der Waals surface area contributed by atoms with Crippen molar-refractivity contribution in [3.63, 3.8) is 0 Å². The molecule has 0 atom stereocenters. The second-order valence-corrected chi connectivity index (χ2v) is 5.87. The normalized spacial score (nSPS) is 14.2. The summed E-state index contributed by atoms with van der Waals surface area (Å²) in [6.07, 6.45) is 3.50. The zero-order valence-electron chi connectivity index (χ0n) is 13.5. The van der Waals surface area contributed by atoms with Gasteiger partial charge in [0.15, 0.2) is 0 Å². The van der Waals surface area contributed by atoms with Crippen molar-refractivity contribution < 1.29 is 9.53 Å². The fourth-order valence-corrected chi connectivity index (χ4v) is 2.67. The molecule has 0 N–H and O–H groups in total. The smallest absolute Gasteiger partial charge is 0.272 e. The van der Waals surface area contributed by atoms with Crippen LogP contribution < -0.4 is 4.74 Å². The molecule has 0 radical (unpaired) electrons. The third kappa shape index (κ3) is 3.35. The molecule has 0 spiro atoms. The van der Waals surface area contributed by atoms with Crippen molar-refractivity contribution in [2.75, 3.05) is 13.1 Å². The first-order chi connectivity index (χ1) is 12.3. The molecule has 3 heterocycles. The van der Waals surface area contributed by atoms with Crippen LogP contribution in [0.15, 0.2) is 60.9 Å². The van der Waals surface area contributed by atoms with Crippen molar-refractivity contribution in [1.29, 1.82) is 0 Å². The van der Waals surface area contributed by atoms with Gasteiger partial charge in [0.25, 0.3) is 5.91 Å². The van der Waals surface area contributed by atoms with Gasteiger partial charge in [-0.15, -0.1) is 5.10 Å². The fraction of sp³-hybridized carbons (Fsp3) is 0.222. The molecule has 1 fully saturated rings. The van der Waals surface area contributed by atoms with Crippen molar-refractivity contribution in [2.45, 2.75) is 12.6 Å². The first kappa shape index (κ1) is 15.3. The maximum absolute atomic E-state index is 12.3. The lowest BCUT2D eigenvalue weighted by atomic mass is 10.1. The highest BCUT2D eigenvalue weighted by Crippen LogP contribution is 2.22. The second kappa shape index (κ2) is 6.72. The third-order valence-corrected chi connectivity index (χ3v) is 4.10. The predicted octanol–water partition coefficient (Wildman–Crippen LogP) is 1.95. The molecule has 7 heteroatoms. The molecule has 2 aromatic heterocycles. The topological polar surface area (TPSA) is 73.1 Å². The lowest BCUT2D eigenvalue weighted by Crippen LogP contribution is -2.51. The van der Waals surface area contributed by atoms with Gasteiger partial charge in [-0.1, -0.05) is 29.5 Å². The van der Waals surface area contributed by atoms with E-state index < -0.39 is 0 Å². The van der Waals surface area contributed by atoms with Crippen LogP contribution in [-0.2, 0) is 6.61 Å². The van der Waals surface area contributed by atoms with Crippen molar-refractivity contribution >= 4 is 5.91 Å². The maximum atomic E-state index is 12.3. The average molecular weight is 335 g/mol. The number of hydrogen-bond donors (Lipinski definition) is 0. The zero-order chi connectivity index (χ0) is 17.1. The summed E-state index contributed by atoms with van der Waals surface area (Å²) in [6, 6.07) is 15.1. The minimum atomic E-state index is -0.0513. The molecule has 4 rings (SSSR count). The summed E-state index contributed by atoms with van der Waals surface area (Å²) in [5.74, 6) is 0.748. The molecule has 1 aromatic carbocycles. The van der Waals surface area contributed by atoms with Crippen LogP contribution in [0.1, 0.15) is 22.2 Å². The van der Waals surface area contributed by atoms with Crippen molar-refractivity contribution in [1.82, 2.24) is 24.9 Å². The van der Waals surface area contributed by atoms with Crippen LogP contribution in [0.5, 0.6) is 5.75 Å². The Morgan fingerprint density at radius 1 is 1.12 bits per heavy atom. The molecule has 1 amide bonds. The first-order valence-electron chi connectivity index (χ1n) is 8.08. The Hall–Kier alpha value is -3.22. The predicted molar refractivity (Wildman–Crippen MR) is 90.0 cm³/mol. The van der Waals surface area contributed by atoms with Crippen molar-refractivity contribution in [3.05, 3.63) is 72.3 Å². The summed E-state index contributed by atoms with van der Waals surface area (Å²) in [5.41, 5.74) is 1.23. The van der Waals surface area contributed by atoms with E-state index in [9.17, 15) is 4.79 Å². The SMILES string of the molecule is O=C(c1ccccn1)N1CC(n2cc(COc3ccccc3)nn2)C1.